The first-order valence-electron chi connectivity index (χ1n) is 5.20. The molecule has 1 aromatic rings. The van der Waals surface area contributed by atoms with Gasteiger partial charge in [-0.2, -0.15) is 0 Å². The van der Waals surface area contributed by atoms with E-state index in [0.29, 0.717) is 13.1 Å². The Morgan fingerprint density at radius 2 is 1.67 bits per heavy atom. The third kappa shape index (κ3) is 6.69. The summed E-state index contributed by atoms with van der Waals surface area (Å²) in [6.07, 6.45) is 0. The fraction of sp³-hybridized carbons (Fsp3) is 0.364. The van der Waals surface area contributed by atoms with E-state index in [1.54, 1.807) is 0 Å². The standard InChI is InChI=1S/C7H6O4.C4H11NO2/c8-4-1-2-5(7(10)11)6(9)3-4;6-3-1-5-2-4-7/h1-3,8-9H,(H,10,11);5-7H,1-4H2. The lowest BCUT2D eigenvalue weighted by Crippen LogP contribution is -2.21. The quantitative estimate of drug-likeness (QED) is 0.388. The van der Waals surface area contributed by atoms with Crippen molar-refractivity contribution in [1.29, 1.82) is 0 Å². The van der Waals surface area contributed by atoms with Gasteiger partial charge in [-0.15, -0.1) is 0 Å². The number of carboxylic acid groups (broad SMARTS) is 1. The zero-order valence-electron chi connectivity index (χ0n) is 9.70. The van der Waals surface area contributed by atoms with Crippen molar-refractivity contribution in [2.24, 2.45) is 0 Å². The summed E-state index contributed by atoms with van der Waals surface area (Å²) in [5.41, 5.74) is -0.220. The van der Waals surface area contributed by atoms with Gasteiger partial charge in [0.25, 0.3) is 0 Å². The minimum Gasteiger partial charge on any atom is -0.508 e. The van der Waals surface area contributed by atoms with Gasteiger partial charge in [0, 0.05) is 19.2 Å². The van der Waals surface area contributed by atoms with Crippen LogP contribution < -0.4 is 5.32 Å². The predicted molar refractivity (Wildman–Crippen MR) is 63.8 cm³/mol. The topological polar surface area (TPSA) is 130 Å². The molecule has 7 nitrogen and oxygen atoms in total. The van der Waals surface area contributed by atoms with E-state index in [-0.39, 0.29) is 24.5 Å². The second-order valence-corrected chi connectivity index (χ2v) is 3.20. The molecular formula is C11H17NO6. The van der Waals surface area contributed by atoms with Crippen molar-refractivity contribution in [3.63, 3.8) is 0 Å². The Morgan fingerprint density at radius 3 is 2.06 bits per heavy atom. The lowest BCUT2D eigenvalue weighted by Gasteiger charge is -1.97. The Bertz CT molecular complexity index is 365. The number of hydrogen-bond donors (Lipinski definition) is 6. The number of carbonyl (C=O) groups is 1. The number of aliphatic hydroxyl groups excluding tert-OH is 2. The molecule has 1 aromatic carbocycles. The Morgan fingerprint density at radius 1 is 1.11 bits per heavy atom. The first-order valence-corrected chi connectivity index (χ1v) is 5.20. The molecular weight excluding hydrogens is 242 g/mol. The zero-order chi connectivity index (χ0) is 14.0. The van der Waals surface area contributed by atoms with Gasteiger partial charge in [0.1, 0.15) is 17.1 Å². The summed E-state index contributed by atoms with van der Waals surface area (Å²) in [5, 5.41) is 45.2. The number of carboxylic acids is 1. The molecule has 0 fully saturated rings. The number of benzene rings is 1. The largest absolute Gasteiger partial charge is 0.508 e. The monoisotopic (exact) mass is 259 g/mol. The first kappa shape index (κ1) is 16.2. The van der Waals surface area contributed by atoms with Crippen LogP contribution in [0.4, 0.5) is 0 Å². The van der Waals surface area contributed by atoms with Gasteiger partial charge >= 0.3 is 5.97 Å². The van der Waals surface area contributed by atoms with Gasteiger partial charge in [-0.25, -0.2) is 4.79 Å². The molecule has 0 amide bonds. The van der Waals surface area contributed by atoms with Crippen LogP contribution in [0.3, 0.4) is 0 Å². The molecule has 18 heavy (non-hydrogen) atoms. The lowest BCUT2D eigenvalue weighted by molar-refractivity contribution is 0.0693. The molecule has 1 rings (SSSR count). The Labute approximate surface area is 104 Å². The fourth-order valence-electron chi connectivity index (χ4n) is 0.984. The first-order chi connectivity index (χ1) is 8.52. The molecule has 0 radical (unpaired) electrons. The zero-order valence-corrected chi connectivity index (χ0v) is 9.70. The molecule has 102 valence electrons. The molecule has 0 saturated heterocycles. The highest BCUT2D eigenvalue weighted by Gasteiger charge is 2.08. The molecule has 0 atom stereocenters. The van der Waals surface area contributed by atoms with Gasteiger partial charge < -0.3 is 30.8 Å². The van der Waals surface area contributed by atoms with Crippen molar-refractivity contribution in [2.75, 3.05) is 26.3 Å². The highest BCUT2D eigenvalue weighted by Crippen LogP contribution is 2.21. The second-order valence-electron chi connectivity index (χ2n) is 3.20. The van der Waals surface area contributed by atoms with Crippen molar-refractivity contribution in [3.05, 3.63) is 23.8 Å². The van der Waals surface area contributed by atoms with Crippen LogP contribution in [0.2, 0.25) is 0 Å². The predicted octanol–water partition coefficient (Wildman–Crippen LogP) is -0.643. The minimum atomic E-state index is -1.22. The third-order valence-electron chi connectivity index (χ3n) is 1.79. The number of hydrogen-bond acceptors (Lipinski definition) is 6. The van der Waals surface area contributed by atoms with Gasteiger partial charge in [0.05, 0.1) is 13.2 Å². The van der Waals surface area contributed by atoms with Gasteiger partial charge in [-0.3, -0.25) is 0 Å². The van der Waals surface area contributed by atoms with Gasteiger partial charge in [0.15, 0.2) is 0 Å². The molecule has 0 aliphatic rings. The summed E-state index contributed by atoms with van der Waals surface area (Å²) in [7, 11) is 0. The van der Waals surface area contributed by atoms with E-state index in [1.165, 1.54) is 6.07 Å². The molecule has 0 heterocycles. The van der Waals surface area contributed by atoms with Crippen LogP contribution in [0.1, 0.15) is 10.4 Å². The third-order valence-corrected chi connectivity index (χ3v) is 1.79. The van der Waals surface area contributed by atoms with E-state index in [2.05, 4.69) is 5.32 Å². The summed E-state index contributed by atoms with van der Waals surface area (Å²) in [6, 6.07) is 3.31. The fourth-order valence-corrected chi connectivity index (χ4v) is 0.984. The molecule has 6 N–H and O–H groups in total. The van der Waals surface area contributed by atoms with Crippen LogP contribution in [0.25, 0.3) is 0 Å². The number of aromatic carboxylic acids is 1. The van der Waals surface area contributed by atoms with Crippen LogP contribution in [0.5, 0.6) is 11.5 Å². The van der Waals surface area contributed by atoms with E-state index < -0.39 is 11.7 Å². The van der Waals surface area contributed by atoms with Crippen molar-refractivity contribution in [1.82, 2.24) is 5.32 Å². The normalized spacial score (nSPS) is 9.44. The molecule has 0 unspecified atom stereocenters. The second kappa shape index (κ2) is 9.23. The number of aromatic hydroxyl groups is 2. The molecule has 0 aliphatic heterocycles. The number of aliphatic hydroxyl groups is 2. The highest BCUT2D eigenvalue weighted by molar-refractivity contribution is 5.90. The molecule has 0 spiro atoms. The van der Waals surface area contributed by atoms with Gasteiger partial charge in [-0.1, -0.05) is 0 Å². The average Bonchev–Trinajstić information content (AvgIpc) is 2.30. The van der Waals surface area contributed by atoms with E-state index >= 15 is 0 Å². The van der Waals surface area contributed by atoms with E-state index in [4.69, 9.17) is 25.5 Å². The van der Waals surface area contributed by atoms with Crippen molar-refractivity contribution < 1.29 is 30.3 Å². The van der Waals surface area contributed by atoms with Crippen LogP contribution in [-0.4, -0.2) is 57.8 Å². The van der Waals surface area contributed by atoms with Gasteiger partial charge in [0.2, 0.25) is 0 Å². The maximum Gasteiger partial charge on any atom is 0.339 e. The number of phenolic OH excluding ortho intramolecular Hbond substituents is 1. The molecule has 0 aliphatic carbocycles. The number of phenols is 2. The number of nitrogens with one attached hydrogen (secondary N) is 1. The molecule has 7 heteroatoms. The van der Waals surface area contributed by atoms with Crippen LogP contribution >= 0.6 is 0 Å². The lowest BCUT2D eigenvalue weighted by atomic mass is 10.2. The smallest absolute Gasteiger partial charge is 0.339 e. The van der Waals surface area contributed by atoms with Crippen molar-refractivity contribution in [2.45, 2.75) is 0 Å². The molecule has 0 bridgehead atoms. The Hall–Kier alpha value is -1.83. The van der Waals surface area contributed by atoms with Crippen LogP contribution in [0.15, 0.2) is 18.2 Å². The summed E-state index contributed by atoms with van der Waals surface area (Å²) in [4.78, 5) is 10.3. The van der Waals surface area contributed by atoms with Gasteiger partial charge in [-0.05, 0) is 12.1 Å². The number of rotatable bonds is 5. The average molecular weight is 259 g/mol. The van der Waals surface area contributed by atoms with Crippen molar-refractivity contribution >= 4 is 5.97 Å². The Balaban J connectivity index is 0.000000360. The van der Waals surface area contributed by atoms with Crippen molar-refractivity contribution in [3.8, 4) is 11.5 Å². The van der Waals surface area contributed by atoms with E-state index in [1.807, 2.05) is 0 Å². The molecule has 0 saturated carbocycles. The summed E-state index contributed by atoms with van der Waals surface area (Å²) in [5.74, 6) is -1.81. The van der Waals surface area contributed by atoms with E-state index in [9.17, 15) is 4.79 Å². The van der Waals surface area contributed by atoms with Crippen LogP contribution in [0, 0.1) is 0 Å². The maximum atomic E-state index is 10.3. The molecule has 0 aromatic heterocycles. The minimum absolute atomic E-state index is 0.139. The summed E-state index contributed by atoms with van der Waals surface area (Å²) >= 11 is 0. The Kier molecular flexibility index (Phi) is 8.29. The van der Waals surface area contributed by atoms with E-state index in [0.717, 1.165) is 12.1 Å². The summed E-state index contributed by atoms with van der Waals surface area (Å²) < 4.78 is 0. The summed E-state index contributed by atoms with van der Waals surface area (Å²) in [6.45, 7) is 1.42. The highest BCUT2D eigenvalue weighted by atomic mass is 16.4. The van der Waals surface area contributed by atoms with Crippen LogP contribution in [-0.2, 0) is 0 Å². The maximum absolute atomic E-state index is 10.3. The SMILES string of the molecule is O=C(O)c1ccc(O)cc1O.OCCNCCO.